The average molecular weight is 366 g/mol. The third-order valence-corrected chi connectivity index (χ3v) is 4.37. The van der Waals surface area contributed by atoms with Crippen molar-refractivity contribution in [2.75, 3.05) is 5.32 Å². The van der Waals surface area contributed by atoms with E-state index in [0.29, 0.717) is 21.7 Å². The summed E-state index contributed by atoms with van der Waals surface area (Å²) in [5, 5.41) is 5.55. The molecule has 3 aromatic carbocycles. The maximum atomic E-state index is 6.33. The second kappa shape index (κ2) is 6.71. The van der Waals surface area contributed by atoms with Crippen molar-refractivity contribution in [3.05, 3.63) is 82.8 Å². The Kier molecular flexibility index (Phi) is 4.26. The number of aromatic nitrogens is 2. The molecule has 122 valence electrons. The van der Waals surface area contributed by atoms with Crippen LogP contribution in [0.2, 0.25) is 10.0 Å². The van der Waals surface area contributed by atoms with E-state index >= 15 is 0 Å². The fourth-order valence-corrected chi connectivity index (χ4v) is 3.05. The molecule has 0 fully saturated rings. The molecule has 3 nitrogen and oxygen atoms in total. The molecule has 4 aromatic rings. The molecule has 0 spiro atoms. The minimum atomic E-state index is 0.578. The van der Waals surface area contributed by atoms with Crippen molar-refractivity contribution in [3.63, 3.8) is 0 Å². The Morgan fingerprint density at radius 3 is 2.40 bits per heavy atom. The molecule has 0 atom stereocenters. The number of nitrogens with zero attached hydrogens (tertiary/aromatic N) is 2. The van der Waals surface area contributed by atoms with E-state index in [1.165, 1.54) is 0 Å². The van der Waals surface area contributed by atoms with Crippen LogP contribution >= 0.6 is 23.2 Å². The lowest BCUT2D eigenvalue weighted by molar-refractivity contribution is 1.22. The van der Waals surface area contributed by atoms with Crippen molar-refractivity contribution in [2.45, 2.75) is 0 Å². The van der Waals surface area contributed by atoms with Crippen LogP contribution < -0.4 is 5.32 Å². The maximum Gasteiger partial charge on any atom is 0.163 e. The summed E-state index contributed by atoms with van der Waals surface area (Å²) in [7, 11) is 0. The van der Waals surface area contributed by atoms with Crippen molar-refractivity contribution in [3.8, 4) is 11.4 Å². The monoisotopic (exact) mass is 365 g/mol. The zero-order valence-electron chi connectivity index (χ0n) is 13.1. The molecule has 1 N–H and O–H groups in total. The van der Waals surface area contributed by atoms with E-state index in [-0.39, 0.29) is 0 Å². The highest BCUT2D eigenvalue weighted by molar-refractivity contribution is 6.33. The highest BCUT2D eigenvalue weighted by Crippen LogP contribution is 2.30. The molecule has 1 heterocycles. The number of hydrogen-bond donors (Lipinski definition) is 1. The van der Waals surface area contributed by atoms with E-state index in [9.17, 15) is 0 Å². The van der Waals surface area contributed by atoms with E-state index in [2.05, 4.69) is 10.3 Å². The molecule has 0 saturated carbocycles. The molecular formula is C20H13Cl2N3. The summed E-state index contributed by atoms with van der Waals surface area (Å²) in [5.74, 6) is 1.29. The largest absolute Gasteiger partial charge is 0.340 e. The van der Waals surface area contributed by atoms with Gasteiger partial charge in [0.1, 0.15) is 5.82 Å². The molecule has 0 unspecified atom stereocenters. The molecule has 4 rings (SSSR count). The number of hydrogen-bond acceptors (Lipinski definition) is 3. The third-order valence-electron chi connectivity index (χ3n) is 3.81. The summed E-state index contributed by atoms with van der Waals surface area (Å²) in [6, 6.07) is 22.9. The third kappa shape index (κ3) is 3.29. The van der Waals surface area contributed by atoms with Gasteiger partial charge >= 0.3 is 0 Å². The van der Waals surface area contributed by atoms with Gasteiger partial charge in [-0.3, -0.25) is 0 Å². The predicted molar refractivity (Wildman–Crippen MR) is 105 cm³/mol. The van der Waals surface area contributed by atoms with Crippen molar-refractivity contribution in [2.24, 2.45) is 0 Å². The summed E-state index contributed by atoms with van der Waals surface area (Å²) in [4.78, 5) is 9.37. The standard InChI is InChI=1S/C20H13Cl2N3/c21-13-6-5-7-14(12-13)23-20-16-9-2-4-11-18(16)24-19(25-20)15-8-1-3-10-17(15)22/h1-12H,(H,23,24,25). The van der Waals surface area contributed by atoms with E-state index in [4.69, 9.17) is 28.2 Å². The molecule has 0 saturated heterocycles. The summed E-state index contributed by atoms with van der Waals surface area (Å²) >= 11 is 12.4. The van der Waals surface area contributed by atoms with Gasteiger partial charge in [0.2, 0.25) is 0 Å². The predicted octanol–water partition coefficient (Wildman–Crippen LogP) is 6.35. The Labute approximate surface area is 155 Å². The second-order valence-electron chi connectivity index (χ2n) is 5.53. The lowest BCUT2D eigenvalue weighted by atomic mass is 10.1. The normalized spacial score (nSPS) is 10.8. The second-order valence-corrected chi connectivity index (χ2v) is 6.37. The van der Waals surface area contributed by atoms with Crippen LogP contribution in [-0.4, -0.2) is 9.97 Å². The first-order valence-corrected chi connectivity index (χ1v) is 8.50. The van der Waals surface area contributed by atoms with Gasteiger partial charge in [-0.15, -0.1) is 0 Å². The number of nitrogens with one attached hydrogen (secondary N) is 1. The van der Waals surface area contributed by atoms with Crippen LogP contribution in [0.3, 0.4) is 0 Å². The summed E-state index contributed by atoms with van der Waals surface area (Å²) in [6.45, 7) is 0. The number of para-hydroxylation sites is 1. The van der Waals surface area contributed by atoms with Crippen LogP contribution in [0.4, 0.5) is 11.5 Å². The Morgan fingerprint density at radius 1 is 0.760 bits per heavy atom. The first-order valence-electron chi connectivity index (χ1n) is 7.75. The molecule has 0 aliphatic heterocycles. The zero-order valence-corrected chi connectivity index (χ0v) is 14.6. The number of halogens is 2. The summed E-state index contributed by atoms with van der Waals surface area (Å²) in [5.41, 5.74) is 2.50. The molecule has 0 aliphatic rings. The average Bonchev–Trinajstić information content (AvgIpc) is 2.62. The van der Waals surface area contributed by atoms with Crippen molar-refractivity contribution in [1.82, 2.24) is 9.97 Å². The van der Waals surface area contributed by atoms with Gasteiger partial charge in [0, 0.05) is 21.7 Å². The van der Waals surface area contributed by atoms with Gasteiger partial charge in [-0.05, 0) is 42.5 Å². The van der Waals surface area contributed by atoms with E-state index < -0.39 is 0 Å². The lowest BCUT2D eigenvalue weighted by Gasteiger charge is -2.12. The highest BCUT2D eigenvalue weighted by Gasteiger charge is 2.11. The van der Waals surface area contributed by atoms with E-state index in [1.807, 2.05) is 72.8 Å². The minimum Gasteiger partial charge on any atom is -0.340 e. The molecular weight excluding hydrogens is 353 g/mol. The van der Waals surface area contributed by atoms with Crippen LogP contribution in [0.15, 0.2) is 72.8 Å². The molecule has 1 aromatic heterocycles. The van der Waals surface area contributed by atoms with Gasteiger partial charge in [-0.1, -0.05) is 53.5 Å². The Hall–Kier alpha value is -2.62. The van der Waals surface area contributed by atoms with E-state index in [1.54, 1.807) is 0 Å². The molecule has 25 heavy (non-hydrogen) atoms. The Balaban J connectivity index is 1.89. The highest BCUT2D eigenvalue weighted by atomic mass is 35.5. The number of fused-ring (bicyclic) bond motifs is 1. The minimum absolute atomic E-state index is 0.578. The van der Waals surface area contributed by atoms with Crippen molar-refractivity contribution >= 4 is 45.6 Å². The molecule has 0 aliphatic carbocycles. The van der Waals surface area contributed by atoms with Gasteiger partial charge in [0.25, 0.3) is 0 Å². The summed E-state index contributed by atoms with van der Waals surface area (Å²) in [6.07, 6.45) is 0. The number of rotatable bonds is 3. The van der Waals surface area contributed by atoms with Crippen LogP contribution in [0.1, 0.15) is 0 Å². The van der Waals surface area contributed by atoms with Crippen LogP contribution in [0.25, 0.3) is 22.3 Å². The fraction of sp³-hybridized carbons (Fsp3) is 0. The first-order chi connectivity index (χ1) is 12.2. The van der Waals surface area contributed by atoms with Gasteiger partial charge in [-0.2, -0.15) is 0 Å². The van der Waals surface area contributed by atoms with Crippen molar-refractivity contribution < 1.29 is 0 Å². The molecule has 0 radical (unpaired) electrons. The SMILES string of the molecule is Clc1cccc(Nc2nc(-c3ccccc3Cl)nc3ccccc23)c1. The Bertz CT molecular complexity index is 1060. The number of benzene rings is 3. The topological polar surface area (TPSA) is 37.8 Å². The van der Waals surface area contributed by atoms with Crippen LogP contribution in [-0.2, 0) is 0 Å². The molecule has 0 bridgehead atoms. The zero-order chi connectivity index (χ0) is 17.2. The lowest BCUT2D eigenvalue weighted by Crippen LogP contribution is -1.99. The molecule has 0 amide bonds. The van der Waals surface area contributed by atoms with Crippen molar-refractivity contribution in [1.29, 1.82) is 0 Å². The fourth-order valence-electron chi connectivity index (χ4n) is 2.64. The Morgan fingerprint density at radius 2 is 1.56 bits per heavy atom. The van der Waals surface area contributed by atoms with Gasteiger partial charge in [0.05, 0.1) is 10.5 Å². The number of anilines is 2. The van der Waals surface area contributed by atoms with Gasteiger partial charge in [0.15, 0.2) is 5.82 Å². The van der Waals surface area contributed by atoms with Gasteiger partial charge < -0.3 is 5.32 Å². The van der Waals surface area contributed by atoms with Gasteiger partial charge in [-0.25, -0.2) is 9.97 Å². The maximum absolute atomic E-state index is 6.33. The van der Waals surface area contributed by atoms with Crippen LogP contribution in [0, 0.1) is 0 Å². The molecule has 5 heteroatoms. The van der Waals surface area contributed by atoms with E-state index in [0.717, 1.165) is 22.2 Å². The van der Waals surface area contributed by atoms with Crippen LogP contribution in [0.5, 0.6) is 0 Å². The first kappa shape index (κ1) is 15.9. The summed E-state index contributed by atoms with van der Waals surface area (Å²) < 4.78 is 0. The quantitative estimate of drug-likeness (QED) is 0.459. The smallest absolute Gasteiger partial charge is 0.163 e.